The molecule has 0 N–H and O–H groups in total. The first-order valence-electron chi connectivity index (χ1n) is 3.44. The quantitative estimate of drug-likeness (QED) is 0.717. The number of thiol groups is 1. The van der Waals surface area contributed by atoms with Gasteiger partial charge in [-0.15, -0.1) is 0 Å². The molecule has 0 saturated carbocycles. The minimum Gasteiger partial charge on any atom is -0.232 e. The van der Waals surface area contributed by atoms with E-state index >= 15 is 0 Å². The normalized spacial score (nSPS) is 9.92. The average molecular weight is 199 g/mol. The molecular weight excluding hydrogens is 193 g/mol. The molecule has 0 unspecified atom stereocenters. The molecule has 13 heavy (non-hydrogen) atoms. The van der Waals surface area contributed by atoms with Gasteiger partial charge in [-0.2, -0.15) is 5.26 Å². The molecule has 5 heteroatoms. The van der Waals surface area contributed by atoms with Crippen LogP contribution in [0.5, 0.6) is 0 Å². The maximum Gasteiger partial charge on any atom is 0.144 e. The second kappa shape index (κ2) is 4.01. The molecule has 0 bridgehead atoms. The van der Waals surface area contributed by atoms with Crippen LogP contribution in [0.1, 0.15) is 11.1 Å². The van der Waals surface area contributed by atoms with Gasteiger partial charge in [-0.05, 0) is 12.1 Å². The summed E-state index contributed by atoms with van der Waals surface area (Å²) in [7, 11) is -2.63. The van der Waals surface area contributed by atoms with E-state index in [0.29, 0.717) is 0 Å². The molecule has 0 aliphatic carbocycles. The Kier molecular flexibility index (Phi) is 2.98. The number of rotatable bonds is 2. The van der Waals surface area contributed by atoms with Gasteiger partial charge in [0.15, 0.2) is 0 Å². The Hall–Kier alpha value is -1.41. The van der Waals surface area contributed by atoms with Gasteiger partial charge in [0.25, 0.3) is 0 Å². The second-order valence-electron chi connectivity index (χ2n) is 2.41. The molecule has 3 nitrogen and oxygen atoms in total. The Morgan fingerprint density at radius 3 is 2.62 bits per heavy atom. The molecular formula is C8H6FNO2S. The van der Waals surface area contributed by atoms with Crippen molar-refractivity contribution in [2.45, 2.75) is 5.75 Å². The first-order valence-corrected chi connectivity index (χ1v) is 4.80. The van der Waals surface area contributed by atoms with Crippen LogP contribution >= 0.6 is 0 Å². The molecule has 1 aromatic carbocycles. The number of halogens is 1. The minimum absolute atomic E-state index is 0.0927. The summed E-state index contributed by atoms with van der Waals surface area (Å²) in [6.45, 7) is 0. The van der Waals surface area contributed by atoms with Crippen LogP contribution in [0.4, 0.5) is 4.39 Å². The highest BCUT2D eigenvalue weighted by Gasteiger charge is 2.03. The van der Waals surface area contributed by atoms with Crippen molar-refractivity contribution < 1.29 is 12.8 Å². The summed E-state index contributed by atoms with van der Waals surface area (Å²) in [4.78, 5) is 0. The largest absolute Gasteiger partial charge is 0.232 e. The van der Waals surface area contributed by atoms with Gasteiger partial charge in [-0.25, -0.2) is 12.8 Å². The van der Waals surface area contributed by atoms with Gasteiger partial charge < -0.3 is 0 Å². The molecule has 0 radical (unpaired) electrons. The molecule has 0 fully saturated rings. The number of nitrogens with zero attached hydrogens (tertiary/aromatic N) is 1. The maximum atomic E-state index is 13.0. The Morgan fingerprint density at radius 1 is 1.46 bits per heavy atom. The molecule has 0 saturated heterocycles. The highest BCUT2D eigenvalue weighted by atomic mass is 32.2. The summed E-state index contributed by atoms with van der Waals surface area (Å²) in [6.07, 6.45) is 0. The number of benzene rings is 1. The van der Waals surface area contributed by atoms with Crippen LogP contribution in [0.15, 0.2) is 18.2 Å². The second-order valence-corrected chi connectivity index (χ2v) is 3.39. The lowest BCUT2D eigenvalue weighted by Crippen LogP contribution is -1.92. The minimum atomic E-state index is -2.63. The fourth-order valence-electron chi connectivity index (χ4n) is 0.884. The Balaban J connectivity index is 3.06. The van der Waals surface area contributed by atoms with Crippen LogP contribution in [0.3, 0.4) is 0 Å². The average Bonchev–Trinajstić information content (AvgIpc) is 2.08. The summed E-state index contributed by atoms with van der Waals surface area (Å²) >= 11 is 0. The van der Waals surface area contributed by atoms with Crippen molar-refractivity contribution >= 4 is 10.7 Å². The summed E-state index contributed by atoms with van der Waals surface area (Å²) in [6, 6.07) is 5.47. The van der Waals surface area contributed by atoms with Crippen molar-refractivity contribution in [1.29, 1.82) is 5.26 Å². The van der Waals surface area contributed by atoms with E-state index in [4.69, 9.17) is 5.26 Å². The zero-order valence-corrected chi connectivity index (χ0v) is 7.42. The summed E-state index contributed by atoms with van der Waals surface area (Å²) in [5.41, 5.74) is 0.275. The van der Waals surface area contributed by atoms with Crippen LogP contribution in [-0.4, -0.2) is 8.42 Å². The highest BCUT2D eigenvalue weighted by Crippen LogP contribution is 2.10. The topological polar surface area (TPSA) is 57.9 Å². The van der Waals surface area contributed by atoms with Gasteiger partial charge in [0, 0.05) is 5.56 Å². The van der Waals surface area contributed by atoms with Gasteiger partial charge in [0.05, 0.1) is 17.4 Å². The lowest BCUT2D eigenvalue weighted by molar-refractivity contribution is 0.600. The van der Waals surface area contributed by atoms with E-state index in [2.05, 4.69) is 0 Å². The van der Waals surface area contributed by atoms with Crippen LogP contribution in [0.25, 0.3) is 0 Å². The fraction of sp³-hybridized carbons (Fsp3) is 0.125. The fourth-order valence-corrected chi connectivity index (χ4v) is 1.42. The molecule has 0 atom stereocenters. The van der Waals surface area contributed by atoms with E-state index in [9.17, 15) is 12.8 Å². The van der Waals surface area contributed by atoms with Crippen molar-refractivity contribution in [3.8, 4) is 6.07 Å². The standard InChI is InChI=1S/C8H6FNO2S/c9-8-3-6(4-10)1-2-7(8)5-13(11)12/h1-3,13H,5H2. The van der Waals surface area contributed by atoms with Gasteiger partial charge in [0.1, 0.15) is 16.5 Å². The van der Waals surface area contributed by atoms with Crippen molar-refractivity contribution in [2.75, 3.05) is 0 Å². The Morgan fingerprint density at radius 2 is 2.15 bits per heavy atom. The molecule has 0 aliphatic heterocycles. The zero-order valence-electron chi connectivity index (χ0n) is 6.53. The Bertz CT molecular complexity index is 426. The lowest BCUT2D eigenvalue weighted by atomic mass is 10.1. The summed E-state index contributed by atoms with van der Waals surface area (Å²) < 4.78 is 33.5. The van der Waals surface area contributed by atoms with E-state index in [1.54, 1.807) is 6.07 Å². The van der Waals surface area contributed by atoms with Gasteiger partial charge in [-0.1, -0.05) is 6.07 Å². The third-order valence-corrected chi connectivity index (χ3v) is 2.08. The van der Waals surface area contributed by atoms with Crippen LogP contribution < -0.4 is 0 Å². The van der Waals surface area contributed by atoms with E-state index in [0.717, 1.165) is 6.07 Å². The summed E-state index contributed by atoms with van der Waals surface area (Å²) in [5.74, 6) is -0.981. The van der Waals surface area contributed by atoms with Crippen LogP contribution in [0, 0.1) is 17.1 Å². The predicted octanol–water partition coefficient (Wildman–Crippen LogP) is 0.809. The molecule has 0 amide bonds. The molecule has 1 rings (SSSR count). The third kappa shape index (κ3) is 2.53. The van der Waals surface area contributed by atoms with E-state index in [1.165, 1.54) is 12.1 Å². The predicted molar refractivity (Wildman–Crippen MR) is 45.1 cm³/mol. The highest BCUT2D eigenvalue weighted by molar-refractivity contribution is 7.71. The lowest BCUT2D eigenvalue weighted by Gasteiger charge is -1.97. The monoisotopic (exact) mass is 199 g/mol. The molecule has 0 heterocycles. The number of hydrogen-bond donors (Lipinski definition) is 1. The third-order valence-electron chi connectivity index (χ3n) is 1.48. The van der Waals surface area contributed by atoms with E-state index < -0.39 is 16.5 Å². The number of nitriles is 1. The van der Waals surface area contributed by atoms with Gasteiger partial charge in [-0.3, -0.25) is 0 Å². The maximum absolute atomic E-state index is 13.0. The number of hydrogen-bond acceptors (Lipinski definition) is 3. The van der Waals surface area contributed by atoms with Crippen molar-refractivity contribution in [3.63, 3.8) is 0 Å². The van der Waals surface area contributed by atoms with Gasteiger partial charge >= 0.3 is 0 Å². The van der Waals surface area contributed by atoms with Gasteiger partial charge in [0.2, 0.25) is 0 Å². The molecule has 0 spiro atoms. The SMILES string of the molecule is N#Cc1ccc(C[SH](=O)=O)c(F)c1. The molecule has 1 aromatic rings. The van der Waals surface area contributed by atoms with Crippen LogP contribution in [0.2, 0.25) is 0 Å². The molecule has 0 aromatic heterocycles. The zero-order chi connectivity index (χ0) is 9.84. The molecule has 68 valence electrons. The van der Waals surface area contributed by atoms with Crippen molar-refractivity contribution in [1.82, 2.24) is 0 Å². The van der Waals surface area contributed by atoms with Crippen LogP contribution in [-0.2, 0) is 16.5 Å². The Labute approximate surface area is 76.4 Å². The molecule has 0 aliphatic rings. The van der Waals surface area contributed by atoms with E-state index in [-0.39, 0.29) is 16.9 Å². The first-order chi connectivity index (χ1) is 6.13. The first kappa shape index (κ1) is 9.68. The van der Waals surface area contributed by atoms with E-state index in [1.807, 2.05) is 0 Å². The van der Waals surface area contributed by atoms with Crippen molar-refractivity contribution in [3.05, 3.63) is 35.1 Å². The summed E-state index contributed by atoms with van der Waals surface area (Å²) in [5, 5.41) is 8.40. The van der Waals surface area contributed by atoms with Crippen molar-refractivity contribution in [2.24, 2.45) is 0 Å². The smallest absolute Gasteiger partial charge is 0.144 e.